The zero-order valence-electron chi connectivity index (χ0n) is 15.2. The molecule has 4 nitrogen and oxygen atoms in total. The van der Waals surface area contributed by atoms with Gasteiger partial charge in [-0.3, -0.25) is 9.79 Å². The third-order valence-electron chi connectivity index (χ3n) is 5.07. The summed E-state index contributed by atoms with van der Waals surface area (Å²) in [6.45, 7) is 1.89. The Hall–Kier alpha value is -0.910. The van der Waals surface area contributed by atoms with Gasteiger partial charge in [0.05, 0.1) is 16.8 Å². The van der Waals surface area contributed by atoms with Gasteiger partial charge in [0.15, 0.2) is 5.17 Å². The molecule has 0 radical (unpaired) electrons. The number of hydrogen-bond donors (Lipinski definition) is 1. The quantitative estimate of drug-likeness (QED) is 0.721. The largest absolute Gasteiger partial charge is 0.350 e. The Kier molecular flexibility index (Phi) is 6.76. The van der Waals surface area contributed by atoms with Crippen LogP contribution in [0.5, 0.6) is 0 Å². The van der Waals surface area contributed by atoms with E-state index in [4.69, 9.17) is 28.2 Å². The van der Waals surface area contributed by atoms with Crippen molar-refractivity contribution in [3.05, 3.63) is 27.7 Å². The summed E-state index contributed by atoms with van der Waals surface area (Å²) in [5, 5.41) is 5.07. The van der Waals surface area contributed by atoms with Gasteiger partial charge in [-0.1, -0.05) is 54.2 Å². The molecule has 0 aromatic heterocycles. The van der Waals surface area contributed by atoms with Gasteiger partial charge < -0.3 is 10.2 Å². The first kappa shape index (κ1) is 19.8. The molecule has 1 N–H and O–H groups in total. The van der Waals surface area contributed by atoms with E-state index in [0.29, 0.717) is 28.2 Å². The Morgan fingerprint density at radius 2 is 2.00 bits per heavy atom. The standard InChI is InChI=1S/C19H25Cl2N3OS/c1-12-8-16(21)17(10-15(12)20)23-18(25)9-14-11-26-19(24(14)2)22-13-6-4-3-5-7-13/h8,10,13-14H,3-7,9,11H2,1-2H3,(H,23,25). The van der Waals surface area contributed by atoms with Crippen molar-refractivity contribution in [3.63, 3.8) is 0 Å². The number of halogens is 2. The van der Waals surface area contributed by atoms with Crippen molar-refractivity contribution in [1.29, 1.82) is 0 Å². The van der Waals surface area contributed by atoms with Crippen LogP contribution < -0.4 is 5.32 Å². The summed E-state index contributed by atoms with van der Waals surface area (Å²) < 4.78 is 0. The molecule has 142 valence electrons. The molecule has 26 heavy (non-hydrogen) atoms. The first-order chi connectivity index (χ1) is 12.4. The van der Waals surface area contributed by atoms with Gasteiger partial charge in [-0.25, -0.2) is 0 Å². The average Bonchev–Trinajstić information content (AvgIpc) is 2.94. The monoisotopic (exact) mass is 413 g/mol. The van der Waals surface area contributed by atoms with E-state index in [9.17, 15) is 4.79 Å². The maximum absolute atomic E-state index is 12.5. The number of nitrogens with one attached hydrogen (secondary N) is 1. The smallest absolute Gasteiger partial charge is 0.226 e. The Bertz CT molecular complexity index is 704. The Balaban J connectivity index is 1.58. The molecule has 1 heterocycles. The lowest BCUT2D eigenvalue weighted by molar-refractivity contribution is -0.116. The molecule has 2 aliphatic rings. The maximum Gasteiger partial charge on any atom is 0.226 e. The van der Waals surface area contributed by atoms with Crippen molar-refractivity contribution in [1.82, 2.24) is 4.90 Å². The van der Waals surface area contributed by atoms with Crippen LogP contribution in [0.4, 0.5) is 5.69 Å². The molecule has 3 rings (SSSR count). The number of nitrogens with zero attached hydrogens (tertiary/aromatic N) is 2. The van der Waals surface area contributed by atoms with E-state index in [1.807, 2.05) is 14.0 Å². The Morgan fingerprint density at radius 3 is 2.73 bits per heavy atom. The molecule has 0 spiro atoms. The first-order valence-electron chi connectivity index (χ1n) is 9.13. The van der Waals surface area contributed by atoms with Crippen LogP contribution in [-0.2, 0) is 4.79 Å². The second-order valence-electron chi connectivity index (χ2n) is 7.11. The fourth-order valence-corrected chi connectivity index (χ4v) is 5.08. The summed E-state index contributed by atoms with van der Waals surface area (Å²) in [4.78, 5) is 19.6. The van der Waals surface area contributed by atoms with Gasteiger partial charge in [-0.15, -0.1) is 0 Å². The number of anilines is 1. The summed E-state index contributed by atoms with van der Waals surface area (Å²) >= 11 is 14.1. The molecule has 1 aromatic carbocycles. The number of thioether (sulfide) groups is 1. The molecular weight excluding hydrogens is 389 g/mol. The predicted octanol–water partition coefficient (Wildman–Crippen LogP) is 5.37. The summed E-state index contributed by atoms with van der Waals surface area (Å²) in [7, 11) is 2.04. The second-order valence-corrected chi connectivity index (χ2v) is 8.91. The normalized spacial score (nSPS) is 22.8. The van der Waals surface area contributed by atoms with E-state index in [1.165, 1.54) is 32.1 Å². The van der Waals surface area contributed by atoms with Gasteiger partial charge in [-0.2, -0.15) is 0 Å². The molecule has 1 atom stereocenters. The zero-order chi connectivity index (χ0) is 18.7. The zero-order valence-corrected chi connectivity index (χ0v) is 17.6. The van der Waals surface area contributed by atoms with Crippen LogP contribution >= 0.6 is 35.0 Å². The van der Waals surface area contributed by atoms with Crippen LogP contribution in [0.15, 0.2) is 17.1 Å². The number of amides is 1. The van der Waals surface area contributed by atoms with Gasteiger partial charge in [0.1, 0.15) is 0 Å². The minimum absolute atomic E-state index is 0.0526. The summed E-state index contributed by atoms with van der Waals surface area (Å²) in [5.41, 5.74) is 1.46. The third kappa shape index (κ3) is 4.87. The Morgan fingerprint density at radius 1 is 1.27 bits per heavy atom. The van der Waals surface area contributed by atoms with Crippen molar-refractivity contribution < 1.29 is 4.79 Å². The highest BCUT2D eigenvalue weighted by molar-refractivity contribution is 8.14. The molecule has 1 saturated carbocycles. The van der Waals surface area contributed by atoms with E-state index >= 15 is 0 Å². The van der Waals surface area contributed by atoms with E-state index in [-0.39, 0.29) is 11.9 Å². The highest BCUT2D eigenvalue weighted by Gasteiger charge is 2.30. The fourth-order valence-electron chi connectivity index (χ4n) is 3.39. The molecule has 1 aliphatic carbocycles. The van der Waals surface area contributed by atoms with Crippen LogP contribution in [0.1, 0.15) is 44.1 Å². The Labute approximate surface area is 169 Å². The molecule has 0 bridgehead atoms. The molecule has 1 aliphatic heterocycles. The van der Waals surface area contributed by atoms with Gasteiger partial charge >= 0.3 is 0 Å². The number of aliphatic imine (C=N–C) groups is 1. The highest BCUT2D eigenvalue weighted by atomic mass is 35.5. The predicted molar refractivity (Wildman–Crippen MR) is 113 cm³/mol. The maximum atomic E-state index is 12.5. The summed E-state index contributed by atoms with van der Waals surface area (Å²) in [6.07, 6.45) is 6.68. The van der Waals surface area contributed by atoms with Gasteiger partial charge in [-0.05, 0) is 37.5 Å². The first-order valence-corrected chi connectivity index (χ1v) is 10.9. The molecule has 1 amide bonds. The lowest BCUT2D eigenvalue weighted by Crippen LogP contribution is -2.34. The van der Waals surface area contributed by atoms with Crippen LogP contribution in [-0.4, -0.2) is 40.9 Å². The van der Waals surface area contributed by atoms with Gasteiger partial charge in [0, 0.05) is 30.3 Å². The number of carbonyl (C=O) groups excluding carboxylic acids is 1. The molecule has 1 unspecified atom stereocenters. The number of rotatable bonds is 4. The SMILES string of the molecule is Cc1cc(Cl)c(NC(=O)CC2CSC(=NC3CCCCC3)N2C)cc1Cl. The van der Waals surface area contributed by atoms with Crippen molar-refractivity contribution in [2.75, 3.05) is 18.1 Å². The van der Waals surface area contributed by atoms with E-state index < -0.39 is 0 Å². The number of aryl methyl sites for hydroxylation is 1. The minimum atomic E-state index is -0.0526. The van der Waals surface area contributed by atoms with Crippen LogP contribution in [0, 0.1) is 6.92 Å². The molecule has 7 heteroatoms. The molecule has 1 aromatic rings. The van der Waals surface area contributed by atoms with Crippen LogP contribution in [0.3, 0.4) is 0 Å². The number of hydrogen-bond acceptors (Lipinski definition) is 3. The van der Waals surface area contributed by atoms with Crippen LogP contribution in [0.25, 0.3) is 0 Å². The summed E-state index contributed by atoms with van der Waals surface area (Å²) in [5.74, 6) is 0.834. The van der Waals surface area contributed by atoms with Crippen LogP contribution in [0.2, 0.25) is 10.0 Å². The van der Waals surface area contributed by atoms with Gasteiger partial charge in [0.25, 0.3) is 0 Å². The molecule has 2 fully saturated rings. The molecular formula is C19H25Cl2N3OS. The number of amidine groups is 1. The minimum Gasteiger partial charge on any atom is -0.350 e. The molecule has 1 saturated heterocycles. The number of carbonyl (C=O) groups is 1. The fraction of sp³-hybridized carbons (Fsp3) is 0.579. The lowest BCUT2D eigenvalue weighted by atomic mass is 9.96. The number of benzene rings is 1. The van der Waals surface area contributed by atoms with Crippen molar-refractivity contribution in [3.8, 4) is 0 Å². The lowest BCUT2D eigenvalue weighted by Gasteiger charge is -2.23. The van der Waals surface area contributed by atoms with Crippen molar-refractivity contribution in [2.24, 2.45) is 4.99 Å². The van der Waals surface area contributed by atoms with E-state index in [0.717, 1.165) is 16.5 Å². The highest BCUT2D eigenvalue weighted by Crippen LogP contribution is 2.31. The van der Waals surface area contributed by atoms with E-state index in [2.05, 4.69) is 10.2 Å². The topological polar surface area (TPSA) is 44.7 Å². The van der Waals surface area contributed by atoms with Crippen molar-refractivity contribution >= 4 is 51.7 Å². The van der Waals surface area contributed by atoms with Crippen molar-refractivity contribution in [2.45, 2.75) is 57.5 Å². The second kappa shape index (κ2) is 8.85. The van der Waals surface area contributed by atoms with Gasteiger partial charge in [0.2, 0.25) is 5.91 Å². The third-order valence-corrected chi connectivity index (χ3v) is 6.99. The van der Waals surface area contributed by atoms with E-state index in [1.54, 1.807) is 23.9 Å². The summed E-state index contributed by atoms with van der Waals surface area (Å²) in [6, 6.07) is 4.09. The average molecular weight is 414 g/mol.